The highest BCUT2D eigenvalue weighted by Gasteiger charge is 2.01. The van der Waals surface area contributed by atoms with Crippen molar-refractivity contribution in [2.45, 2.75) is 0 Å². The molecule has 2 aromatic rings. The molecule has 0 radical (unpaired) electrons. The Hall–Kier alpha value is -1.36. The second-order valence-corrected chi connectivity index (χ2v) is 2.34. The van der Waals surface area contributed by atoms with Gasteiger partial charge in [0.2, 0.25) is 5.28 Å². The fourth-order valence-corrected chi connectivity index (χ4v) is 0.939. The number of nitrogen functional groups attached to an aromatic ring is 1. The summed E-state index contributed by atoms with van der Waals surface area (Å²) >= 11 is 5.62. The number of halogens is 1. The van der Waals surface area contributed by atoms with Gasteiger partial charge in [-0.2, -0.15) is 4.52 Å². The van der Waals surface area contributed by atoms with Crippen LogP contribution in [0.25, 0.3) is 5.65 Å². The predicted molar refractivity (Wildman–Crippen MR) is 40.2 cm³/mol. The van der Waals surface area contributed by atoms with Crippen molar-refractivity contribution in [1.29, 1.82) is 0 Å². The summed E-state index contributed by atoms with van der Waals surface area (Å²) in [4.78, 5) is 0. The van der Waals surface area contributed by atoms with Crippen LogP contribution >= 0.6 is 11.6 Å². The molecular formula is C5H4ClN5. The zero-order valence-corrected chi connectivity index (χ0v) is 6.15. The zero-order chi connectivity index (χ0) is 7.84. The lowest BCUT2D eigenvalue weighted by atomic mass is 10.5. The number of fused-ring (bicyclic) bond motifs is 1. The molecule has 0 aromatic carbocycles. The van der Waals surface area contributed by atoms with Crippen molar-refractivity contribution < 1.29 is 0 Å². The quantitative estimate of drug-likeness (QED) is 0.618. The van der Waals surface area contributed by atoms with Gasteiger partial charge in [0.25, 0.3) is 0 Å². The molecule has 2 aromatic heterocycles. The standard InChI is InChI=1S/C5H4ClN5/c6-5-9-8-4-2-1-3(7)10-11(4)5/h1-2H,(H2,7,10). The molecule has 0 saturated heterocycles. The molecule has 0 bridgehead atoms. The van der Waals surface area contributed by atoms with Crippen LogP contribution in [-0.4, -0.2) is 19.8 Å². The van der Waals surface area contributed by atoms with Gasteiger partial charge in [0.15, 0.2) is 5.65 Å². The normalized spacial score (nSPS) is 10.6. The summed E-state index contributed by atoms with van der Waals surface area (Å²) < 4.78 is 1.37. The van der Waals surface area contributed by atoms with E-state index in [4.69, 9.17) is 17.3 Å². The van der Waals surface area contributed by atoms with E-state index in [0.717, 1.165) is 0 Å². The largest absolute Gasteiger partial charge is 0.382 e. The molecule has 0 aliphatic heterocycles. The molecule has 5 nitrogen and oxygen atoms in total. The van der Waals surface area contributed by atoms with Crippen LogP contribution in [0.15, 0.2) is 12.1 Å². The molecule has 2 heterocycles. The van der Waals surface area contributed by atoms with Crippen molar-refractivity contribution >= 4 is 23.1 Å². The molecule has 0 aliphatic rings. The molecular weight excluding hydrogens is 166 g/mol. The maximum atomic E-state index is 5.62. The molecule has 0 amide bonds. The van der Waals surface area contributed by atoms with Gasteiger partial charge in [-0.05, 0) is 23.7 Å². The van der Waals surface area contributed by atoms with E-state index in [1.807, 2.05) is 0 Å². The van der Waals surface area contributed by atoms with E-state index in [9.17, 15) is 0 Å². The summed E-state index contributed by atoms with van der Waals surface area (Å²) in [6.07, 6.45) is 0. The number of nitrogens with zero attached hydrogens (tertiary/aromatic N) is 4. The second kappa shape index (κ2) is 2.06. The van der Waals surface area contributed by atoms with Gasteiger partial charge in [0.05, 0.1) is 0 Å². The van der Waals surface area contributed by atoms with Crippen molar-refractivity contribution in [2.75, 3.05) is 5.73 Å². The fraction of sp³-hybridized carbons (Fsp3) is 0. The van der Waals surface area contributed by atoms with Crippen LogP contribution in [0.5, 0.6) is 0 Å². The first-order chi connectivity index (χ1) is 5.27. The molecule has 0 spiro atoms. The van der Waals surface area contributed by atoms with Gasteiger partial charge in [0.1, 0.15) is 5.82 Å². The molecule has 2 N–H and O–H groups in total. The van der Waals surface area contributed by atoms with Crippen molar-refractivity contribution in [3.05, 3.63) is 17.4 Å². The highest BCUT2D eigenvalue weighted by atomic mass is 35.5. The van der Waals surface area contributed by atoms with E-state index >= 15 is 0 Å². The Kier molecular flexibility index (Phi) is 1.19. The zero-order valence-electron chi connectivity index (χ0n) is 5.40. The number of nitrogens with two attached hydrogens (primary N) is 1. The average Bonchev–Trinajstić information content (AvgIpc) is 2.33. The number of rotatable bonds is 0. The second-order valence-electron chi connectivity index (χ2n) is 2.00. The first-order valence-electron chi connectivity index (χ1n) is 2.91. The first kappa shape index (κ1) is 6.36. The van der Waals surface area contributed by atoms with Gasteiger partial charge in [-0.15, -0.1) is 15.3 Å². The lowest BCUT2D eigenvalue weighted by molar-refractivity contribution is 0.936. The highest BCUT2D eigenvalue weighted by Crippen LogP contribution is 2.07. The number of anilines is 1. The third-order valence-corrected chi connectivity index (χ3v) is 1.48. The van der Waals surface area contributed by atoms with Gasteiger partial charge >= 0.3 is 0 Å². The van der Waals surface area contributed by atoms with Crippen molar-refractivity contribution in [3.63, 3.8) is 0 Å². The van der Waals surface area contributed by atoms with E-state index in [2.05, 4.69) is 15.3 Å². The highest BCUT2D eigenvalue weighted by molar-refractivity contribution is 6.28. The van der Waals surface area contributed by atoms with Crippen LogP contribution in [-0.2, 0) is 0 Å². The minimum Gasteiger partial charge on any atom is -0.382 e. The summed E-state index contributed by atoms with van der Waals surface area (Å²) in [5.74, 6) is 0.388. The van der Waals surface area contributed by atoms with Crippen LogP contribution in [0.1, 0.15) is 0 Å². The van der Waals surface area contributed by atoms with Crippen LogP contribution in [0.2, 0.25) is 5.28 Å². The molecule has 0 unspecified atom stereocenters. The Balaban J connectivity index is 2.87. The average molecular weight is 170 g/mol. The molecule has 0 saturated carbocycles. The molecule has 11 heavy (non-hydrogen) atoms. The molecule has 0 atom stereocenters. The molecule has 56 valence electrons. The van der Waals surface area contributed by atoms with Crippen molar-refractivity contribution in [2.24, 2.45) is 0 Å². The topological polar surface area (TPSA) is 69.1 Å². The Morgan fingerprint density at radius 2 is 2.18 bits per heavy atom. The number of hydrogen-bond donors (Lipinski definition) is 1. The van der Waals surface area contributed by atoms with Gasteiger partial charge in [0, 0.05) is 0 Å². The first-order valence-corrected chi connectivity index (χ1v) is 3.28. The maximum absolute atomic E-state index is 5.62. The summed E-state index contributed by atoms with van der Waals surface area (Å²) in [7, 11) is 0. The van der Waals surface area contributed by atoms with E-state index < -0.39 is 0 Å². The Labute approximate surface area is 66.8 Å². The minimum absolute atomic E-state index is 0.215. The third-order valence-electron chi connectivity index (χ3n) is 1.25. The fourth-order valence-electron chi connectivity index (χ4n) is 0.777. The maximum Gasteiger partial charge on any atom is 0.246 e. The Morgan fingerprint density at radius 1 is 1.36 bits per heavy atom. The Morgan fingerprint density at radius 3 is 3.00 bits per heavy atom. The van der Waals surface area contributed by atoms with E-state index in [1.165, 1.54) is 4.52 Å². The summed E-state index contributed by atoms with van der Waals surface area (Å²) in [5.41, 5.74) is 5.99. The van der Waals surface area contributed by atoms with Gasteiger partial charge in [-0.25, -0.2) is 0 Å². The van der Waals surface area contributed by atoms with E-state index in [0.29, 0.717) is 11.5 Å². The summed E-state index contributed by atoms with van der Waals surface area (Å²) in [6, 6.07) is 3.33. The van der Waals surface area contributed by atoms with E-state index in [-0.39, 0.29) is 5.28 Å². The monoisotopic (exact) mass is 169 g/mol. The SMILES string of the molecule is Nc1ccc2nnc(Cl)n2n1. The third kappa shape index (κ3) is 0.894. The van der Waals surface area contributed by atoms with Gasteiger partial charge in [-0.3, -0.25) is 0 Å². The number of aromatic nitrogens is 4. The summed E-state index contributed by atoms with van der Waals surface area (Å²) in [6.45, 7) is 0. The van der Waals surface area contributed by atoms with Gasteiger partial charge < -0.3 is 5.73 Å². The molecule has 6 heteroatoms. The van der Waals surface area contributed by atoms with Crippen LogP contribution in [0.4, 0.5) is 5.82 Å². The lowest BCUT2D eigenvalue weighted by Gasteiger charge is -1.92. The summed E-state index contributed by atoms with van der Waals surface area (Å²) in [5, 5.41) is 11.4. The predicted octanol–water partition coefficient (Wildman–Crippen LogP) is 0.360. The number of hydrogen-bond acceptors (Lipinski definition) is 4. The molecule has 2 rings (SSSR count). The van der Waals surface area contributed by atoms with Crippen LogP contribution in [0, 0.1) is 0 Å². The van der Waals surface area contributed by atoms with Gasteiger partial charge in [-0.1, -0.05) is 0 Å². The minimum atomic E-state index is 0.215. The van der Waals surface area contributed by atoms with E-state index in [1.54, 1.807) is 12.1 Å². The Bertz CT molecular complexity index is 395. The van der Waals surface area contributed by atoms with Crippen LogP contribution in [0.3, 0.4) is 0 Å². The lowest BCUT2D eigenvalue weighted by Crippen LogP contribution is -1.96. The van der Waals surface area contributed by atoms with Crippen molar-refractivity contribution in [1.82, 2.24) is 19.8 Å². The molecule has 0 aliphatic carbocycles. The van der Waals surface area contributed by atoms with Crippen molar-refractivity contribution in [3.8, 4) is 0 Å². The smallest absolute Gasteiger partial charge is 0.246 e. The molecule has 0 fully saturated rings. The van der Waals surface area contributed by atoms with Crippen LogP contribution < -0.4 is 5.73 Å².